The van der Waals surface area contributed by atoms with Crippen molar-refractivity contribution in [1.82, 2.24) is 9.97 Å². The monoisotopic (exact) mass is 454 g/mol. The first kappa shape index (κ1) is 21.1. The summed E-state index contributed by atoms with van der Waals surface area (Å²) in [7, 11) is 3.02. The Labute approximate surface area is 168 Å². The number of rotatable bonds is 6. The summed E-state index contributed by atoms with van der Waals surface area (Å²) < 4.78 is 11.3. The number of halogens is 1. The predicted octanol–water partition coefficient (Wildman–Crippen LogP) is 0.365. The van der Waals surface area contributed by atoms with Gasteiger partial charge in [-0.25, -0.2) is 31.3 Å². The summed E-state index contributed by atoms with van der Waals surface area (Å²) >= 11 is 3.41. The molecule has 1 aromatic heterocycles. The van der Waals surface area contributed by atoms with Crippen LogP contribution in [0.3, 0.4) is 0 Å². The highest BCUT2D eigenvalue weighted by Crippen LogP contribution is 2.37. The smallest absolute Gasteiger partial charge is 0.336 e. The van der Waals surface area contributed by atoms with Gasteiger partial charge in [-0.15, -0.1) is 0 Å². The third-order valence-electron chi connectivity index (χ3n) is 3.64. The SMILES string of the molecule is COc1cc(Cc2cnc(N(N)C(N)=O)nc2N(N)C(N)=O)cc(Br)c1OC. The van der Waals surface area contributed by atoms with Crippen LogP contribution in [0.25, 0.3) is 0 Å². The number of amides is 4. The van der Waals surface area contributed by atoms with Crippen LogP contribution in [0.4, 0.5) is 21.4 Å². The largest absolute Gasteiger partial charge is 0.493 e. The number of nitrogens with zero attached hydrogens (tertiary/aromatic N) is 4. The van der Waals surface area contributed by atoms with Crippen LogP contribution in [-0.4, -0.2) is 36.2 Å². The summed E-state index contributed by atoms with van der Waals surface area (Å²) in [4.78, 5) is 30.8. The number of carbonyl (C=O) groups is 2. The molecular weight excluding hydrogens is 436 g/mol. The van der Waals surface area contributed by atoms with Crippen molar-refractivity contribution in [3.8, 4) is 11.5 Å². The van der Waals surface area contributed by atoms with E-state index in [1.54, 1.807) is 12.1 Å². The number of ether oxygens (including phenoxy) is 2. The van der Waals surface area contributed by atoms with Gasteiger partial charge in [-0.1, -0.05) is 0 Å². The quantitative estimate of drug-likeness (QED) is 0.273. The van der Waals surface area contributed by atoms with Gasteiger partial charge in [-0.05, 0) is 33.6 Å². The molecule has 2 rings (SSSR count). The zero-order chi connectivity index (χ0) is 21.0. The van der Waals surface area contributed by atoms with E-state index in [1.807, 2.05) is 0 Å². The van der Waals surface area contributed by atoms with E-state index in [1.165, 1.54) is 20.4 Å². The van der Waals surface area contributed by atoms with E-state index in [9.17, 15) is 9.59 Å². The molecule has 2 aromatic rings. The molecule has 12 nitrogen and oxygen atoms in total. The number of urea groups is 2. The minimum absolute atomic E-state index is 0.0416. The zero-order valence-corrected chi connectivity index (χ0v) is 16.6. The summed E-state index contributed by atoms with van der Waals surface area (Å²) in [6, 6.07) is 1.57. The number of hydrogen-bond acceptors (Lipinski definition) is 8. The lowest BCUT2D eigenvalue weighted by molar-refractivity contribution is 0.253. The summed E-state index contributed by atoms with van der Waals surface area (Å²) in [5.41, 5.74) is 11.5. The standard InChI is InChI=1S/C15H19BrN8O4/c1-27-10-5-7(4-9(16)11(10)28-2)3-8-6-21-15(24(20)14(18)26)22-12(8)23(19)13(17)25/h4-6H,3,19-20H2,1-2H3,(H2,17,25)(H2,18,26). The van der Waals surface area contributed by atoms with Gasteiger partial charge in [0.1, 0.15) is 0 Å². The number of aromatic nitrogens is 2. The molecule has 0 aliphatic heterocycles. The van der Waals surface area contributed by atoms with Crippen LogP contribution in [0, 0.1) is 0 Å². The molecule has 0 bridgehead atoms. The maximum absolute atomic E-state index is 11.5. The molecule has 0 atom stereocenters. The minimum Gasteiger partial charge on any atom is -0.493 e. The van der Waals surface area contributed by atoms with Crippen LogP contribution in [0.15, 0.2) is 22.8 Å². The van der Waals surface area contributed by atoms with Crippen molar-refractivity contribution in [1.29, 1.82) is 0 Å². The number of benzene rings is 1. The second kappa shape index (κ2) is 8.69. The van der Waals surface area contributed by atoms with Gasteiger partial charge < -0.3 is 20.9 Å². The number of primary amides is 2. The van der Waals surface area contributed by atoms with E-state index in [0.29, 0.717) is 31.6 Å². The Balaban J connectivity index is 2.51. The first-order valence-corrected chi connectivity index (χ1v) is 8.43. The lowest BCUT2D eigenvalue weighted by atomic mass is 10.1. The zero-order valence-electron chi connectivity index (χ0n) is 15.0. The number of anilines is 2. The third kappa shape index (κ3) is 4.39. The fourth-order valence-corrected chi connectivity index (χ4v) is 2.99. The third-order valence-corrected chi connectivity index (χ3v) is 4.22. The van der Waals surface area contributed by atoms with Crippen LogP contribution in [0.5, 0.6) is 11.5 Å². The van der Waals surface area contributed by atoms with E-state index in [0.717, 1.165) is 5.56 Å². The van der Waals surface area contributed by atoms with Crippen molar-refractivity contribution in [2.24, 2.45) is 23.2 Å². The first-order valence-electron chi connectivity index (χ1n) is 7.64. The highest BCUT2D eigenvalue weighted by molar-refractivity contribution is 9.10. The number of carbonyl (C=O) groups excluding carboxylic acids is 2. The van der Waals surface area contributed by atoms with Gasteiger partial charge >= 0.3 is 12.1 Å². The summed E-state index contributed by atoms with van der Waals surface area (Å²) in [5.74, 6) is 11.9. The fourth-order valence-electron chi connectivity index (χ4n) is 2.33. The Bertz CT molecular complexity index is 910. The van der Waals surface area contributed by atoms with Gasteiger partial charge in [0.25, 0.3) is 5.95 Å². The molecule has 0 aliphatic rings. The Morgan fingerprint density at radius 1 is 1.11 bits per heavy atom. The Hall–Kier alpha value is -3.16. The van der Waals surface area contributed by atoms with Crippen LogP contribution in [0.2, 0.25) is 0 Å². The topological polar surface area (TPSA) is 189 Å². The average Bonchev–Trinajstić information content (AvgIpc) is 2.66. The normalized spacial score (nSPS) is 10.3. The van der Waals surface area contributed by atoms with Crippen LogP contribution < -0.4 is 42.6 Å². The molecule has 28 heavy (non-hydrogen) atoms. The molecule has 1 heterocycles. The van der Waals surface area contributed by atoms with E-state index >= 15 is 0 Å². The predicted molar refractivity (Wildman–Crippen MR) is 105 cm³/mol. The number of hydrogen-bond donors (Lipinski definition) is 4. The van der Waals surface area contributed by atoms with E-state index in [4.69, 9.17) is 32.6 Å². The number of methoxy groups -OCH3 is 2. The van der Waals surface area contributed by atoms with Crippen molar-refractivity contribution >= 4 is 39.8 Å². The van der Waals surface area contributed by atoms with E-state index < -0.39 is 12.1 Å². The molecule has 13 heteroatoms. The number of hydrazine groups is 2. The molecule has 1 aromatic carbocycles. The van der Waals surface area contributed by atoms with Gasteiger partial charge in [-0.2, -0.15) is 9.99 Å². The van der Waals surface area contributed by atoms with Gasteiger partial charge in [-0.3, -0.25) is 0 Å². The highest BCUT2D eigenvalue weighted by atomic mass is 79.9. The molecule has 0 saturated heterocycles. The van der Waals surface area contributed by atoms with Gasteiger partial charge in [0.15, 0.2) is 17.3 Å². The Morgan fingerprint density at radius 2 is 1.75 bits per heavy atom. The van der Waals surface area contributed by atoms with Crippen molar-refractivity contribution in [3.63, 3.8) is 0 Å². The molecule has 8 N–H and O–H groups in total. The van der Waals surface area contributed by atoms with Gasteiger partial charge in [0.2, 0.25) is 0 Å². The van der Waals surface area contributed by atoms with Crippen molar-refractivity contribution in [2.75, 3.05) is 24.2 Å². The molecular formula is C15H19BrN8O4. The van der Waals surface area contributed by atoms with Gasteiger partial charge in [0, 0.05) is 18.2 Å². The van der Waals surface area contributed by atoms with Crippen LogP contribution in [-0.2, 0) is 6.42 Å². The molecule has 0 aliphatic carbocycles. The summed E-state index contributed by atoms with van der Waals surface area (Å²) in [6.45, 7) is 0. The molecule has 0 radical (unpaired) electrons. The molecule has 4 amide bonds. The second-order valence-electron chi connectivity index (χ2n) is 5.43. The molecule has 150 valence electrons. The van der Waals surface area contributed by atoms with Crippen molar-refractivity contribution < 1.29 is 19.1 Å². The van der Waals surface area contributed by atoms with Crippen molar-refractivity contribution in [3.05, 3.63) is 33.9 Å². The maximum Gasteiger partial charge on any atom is 0.336 e. The lowest BCUT2D eigenvalue weighted by Crippen LogP contribution is -2.45. The fraction of sp³-hybridized carbons (Fsp3) is 0.200. The average molecular weight is 455 g/mol. The Morgan fingerprint density at radius 3 is 2.29 bits per heavy atom. The minimum atomic E-state index is -0.995. The van der Waals surface area contributed by atoms with E-state index in [-0.39, 0.29) is 18.2 Å². The molecule has 0 fully saturated rings. The maximum atomic E-state index is 11.5. The van der Waals surface area contributed by atoms with E-state index in [2.05, 4.69) is 25.9 Å². The highest BCUT2D eigenvalue weighted by Gasteiger charge is 2.21. The lowest BCUT2D eigenvalue weighted by Gasteiger charge is -2.20. The number of nitrogens with two attached hydrogens (primary N) is 4. The van der Waals surface area contributed by atoms with Gasteiger partial charge in [0.05, 0.1) is 18.7 Å². The second-order valence-corrected chi connectivity index (χ2v) is 6.28. The van der Waals surface area contributed by atoms with Crippen molar-refractivity contribution in [2.45, 2.75) is 6.42 Å². The summed E-state index contributed by atoms with van der Waals surface area (Å²) in [5, 5.41) is 1.13. The van der Waals surface area contributed by atoms with Crippen LogP contribution >= 0.6 is 15.9 Å². The molecule has 0 spiro atoms. The Kier molecular flexibility index (Phi) is 6.56. The van der Waals surface area contributed by atoms with Crippen LogP contribution in [0.1, 0.15) is 11.1 Å². The first-order chi connectivity index (χ1) is 13.2. The molecule has 0 saturated carbocycles. The molecule has 0 unspecified atom stereocenters. The summed E-state index contributed by atoms with van der Waals surface area (Å²) in [6.07, 6.45) is 1.60.